The Labute approximate surface area is 114 Å². The topological polar surface area (TPSA) is 126 Å². The molecule has 0 aliphatic heterocycles. The molecule has 0 saturated heterocycles. The molecule has 1 aliphatic rings. The van der Waals surface area contributed by atoms with Crippen molar-refractivity contribution in [2.75, 3.05) is 11.9 Å². The van der Waals surface area contributed by atoms with Gasteiger partial charge in [-0.3, -0.25) is 10.1 Å². The molecule has 0 aromatic carbocycles. The molecule has 108 valence electrons. The van der Waals surface area contributed by atoms with Crippen LogP contribution < -0.4 is 5.32 Å². The number of nitro groups is 1. The van der Waals surface area contributed by atoms with Crippen LogP contribution in [0, 0.1) is 10.1 Å². The van der Waals surface area contributed by atoms with Crippen LogP contribution in [0.4, 0.5) is 11.5 Å². The molecule has 0 radical (unpaired) electrons. The number of aromatic carboxylic acids is 1. The number of nitrogens with one attached hydrogen (secondary N) is 1. The van der Waals surface area contributed by atoms with Crippen LogP contribution in [0.25, 0.3) is 0 Å². The number of aromatic nitrogens is 1. The Morgan fingerprint density at radius 1 is 1.50 bits per heavy atom. The van der Waals surface area contributed by atoms with Gasteiger partial charge in [0.2, 0.25) is 0 Å². The molecule has 1 aliphatic carbocycles. The molecule has 0 atom stereocenters. The van der Waals surface area contributed by atoms with Gasteiger partial charge in [0.1, 0.15) is 17.6 Å². The van der Waals surface area contributed by atoms with E-state index in [0.29, 0.717) is 12.8 Å². The van der Waals surface area contributed by atoms with E-state index in [1.54, 1.807) is 0 Å². The number of carboxylic acids is 1. The summed E-state index contributed by atoms with van der Waals surface area (Å²) in [4.78, 5) is 24.8. The number of pyridine rings is 1. The fourth-order valence-electron chi connectivity index (χ4n) is 2.32. The van der Waals surface area contributed by atoms with Crippen LogP contribution in [0.2, 0.25) is 0 Å². The summed E-state index contributed by atoms with van der Waals surface area (Å²) < 4.78 is 0. The van der Waals surface area contributed by atoms with Gasteiger partial charge in [0.05, 0.1) is 10.5 Å². The van der Waals surface area contributed by atoms with Gasteiger partial charge in [-0.05, 0) is 12.8 Å². The maximum atomic E-state index is 11.1. The minimum Gasteiger partial charge on any atom is -0.478 e. The van der Waals surface area contributed by atoms with Gasteiger partial charge in [-0.15, -0.1) is 0 Å². The van der Waals surface area contributed by atoms with Gasteiger partial charge in [-0.1, -0.05) is 12.8 Å². The Bertz CT molecular complexity index is 540. The lowest BCUT2D eigenvalue weighted by Crippen LogP contribution is -2.34. The number of aliphatic hydroxyl groups is 1. The van der Waals surface area contributed by atoms with Gasteiger partial charge in [-0.25, -0.2) is 9.78 Å². The van der Waals surface area contributed by atoms with Crippen molar-refractivity contribution in [1.29, 1.82) is 0 Å². The van der Waals surface area contributed by atoms with Crippen molar-refractivity contribution in [3.05, 3.63) is 27.9 Å². The number of nitrogens with zero attached hydrogens (tertiary/aromatic N) is 2. The quantitative estimate of drug-likeness (QED) is 0.550. The first-order valence-corrected chi connectivity index (χ1v) is 6.25. The lowest BCUT2D eigenvalue weighted by Gasteiger charge is -2.23. The van der Waals surface area contributed by atoms with Crippen molar-refractivity contribution in [3.63, 3.8) is 0 Å². The number of hydrogen-bond donors (Lipinski definition) is 3. The summed E-state index contributed by atoms with van der Waals surface area (Å²) in [5.41, 5.74) is -1.52. The lowest BCUT2D eigenvalue weighted by molar-refractivity contribution is -0.385. The van der Waals surface area contributed by atoms with E-state index < -0.39 is 16.5 Å². The number of hydrogen-bond acceptors (Lipinski definition) is 6. The highest BCUT2D eigenvalue weighted by Gasteiger charge is 2.31. The van der Waals surface area contributed by atoms with Crippen LogP contribution in [0.3, 0.4) is 0 Å². The maximum absolute atomic E-state index is 11.1. The Kier molecular flexibility index (Phi) is 3.84. The maximum Gasteiger partial charge on any atom is 0.339 e. The SMILES string of the molecule is O=C(O)c1cc([N+](=O)[O-])cnc1NCC1(O)CCCC1. The Balaban J connectivity index is 2.18. The normalized spacial score (nSPS) is 16.9. The molecular formula is C12H15N3O5. The average Bonchev–Trinajstić information content (AvgIpc) is 2.83. The van der Waals surface area contributed by atoms with E-state index in [2.05, 4.69) is 10.3 Å². The summed E-state index contributed by atoms with van der Waals surface area (Å²) in [7, 11) is 0. The number of carboxylic acid groups (broad SMARTS) is 1. The van der Waals surface area contributed by atoms with Gasteiger partial charge in [-0.2, -0.15) is 0 Å². The second-order valence-corrected chi connectivity index (χ2v) is 4.94. The Hall–Kier alpha value is -2.22. The molecule has 1 aromatic rings. The zero-order valence-electron chi connectivity index (χ0n) is 10.7. The van der Waals surface area contributed by atoms with Crippen molar-refractivity contribution in [1.82, 2.24) is 4.98 Å². The number of rotatable bonds is 5. The smallest absolute Gasteiger partial charge is 0.339 e. The van der Waals surface area contributed by atoms with Gasteiger partial charge in [0.25, 0.3) is 5.69 Å². The molecular weight excluding hydrogens is 266 g/mol. The molecule has 0 spiro atoms. The van der Waals surface area contributed by atoms with E-state index in [-0.39, 0.29) is 23.6 Å². The fourth-order valence-corrected chi connectivity index (χ4v) is 2.32. The van der Waals surface area contributed by atoms with Gasteiger partial charge < -0.3 is 15.5 Å². The molecule has 0 amide bonds. The van der Waals surface area contributed by atoms with Gasteiger partial charge in [0.15, 0.2) is 0 Å². The van der Waals surface area contributed by atoms with Crippen molar-refractivity contribution in [2.24, 2.45) is 0 Å². The van der Waals surface area contributed by atoms with Crippen molar-refractivity contribution in [3.8, 4) is 0 Å². The van der Waals surface area contributed by atoms with Crippen LogP contribution in [0.5, 0.6) is 0 Å². The van der Waals surface area contributed by atoms with Gasteiger partial charge in [0, 0.05) is 12.6 Å². The fraction of sp³-hybridized carbons (Fsp3) is 0.500. The van der Waals surface area contributed by atoms with E-state index in [9.17, 15) is 20.0 Å². The van der Waals surface area contributed by atoms with Crippen molar-refractivity contribution < 1.29 is 19.9 Å². The second-order valence-electron chi connectivity index (χ2n) is 4.94. The molecule has 1 saturated carbocycles. The summed E-state index contributed by atoms with van der Waals surface area (Å²) in [5.74, 6) is -1.27. The molecule has 2 rings (SSSR count). The monoisotopic (exact) mass is 281 g/mol. The average molecular weight is 281 g/mol. The third-order valence-electron chi connectivity index (χ3n) is 3.43. The third kappa shape index (κ3) is 3.02. The lowest BCUT2D eigenvalue weighted by atomic mass is 10.0. The summed E-state index contributed by atoms with van der Waals surface area (Å²) in [6.45, 7) is 0.179. The highest BCUT2D eigenvalue weighted by Crippen LogP contribution is 2.30. The minimum atomic E-state index is -1.30. The molecule has 0 bridgehead atoms. The van der Waals surface area contributed by atoms with Gasteiger partial charge >= 0.3 is 5.97 Å². The number of anilines is 1. The molecule has 3 N–H and O–H groups in total. The Morgan fingerprint density at radius 2 is 2.15 bits per heavy atom. The first-order chi connectivity index (χ1) is 9.41. The van der Waals surface area contributed by atoms with E-state index in [0.717, 1.165) is 25.1 Å². The molecule has 1 fully saturated rings. The van der Waals surface area contributed by atoms with Crippen LogP contribution in [-0.4, -0.2) is 38.2 Å². The zero-order valence-corrected chi connectivity index (χ0v) is 10.7. The van der Waals surface area contributed by atoms with Crippen molar-refractivity contribution >= 4 is 17.5 Å². The van der Waals surface area contributed by atoms with E-state index in [1.165, 1.54) is 0 Å². The predicted octanol–water partition coefficient (Wildman–Crippen LogP) is 1.41. The first kappa shape index (κ1) is 14.2. The second kappa shape index (κ2) is 5.41. The van der Waals surface area contributed by atoms with Crippen LogP contribution in [0.1, 0.15) is 36.0 Å². The largest absolute Gasteiger partial charge is 0.478 e. The molecule has 1 heterocycles. The van der Waals surface area contributed by atoms with Crippen LogP contribution in [0.15, 0.2) is 12.3 Å². The van der Waals surface area contributed by atoms with Crippen LogP contribution >= 0.6 is 0 Å². The summed E-state index contributed by atoms with van der Waals surface area (Å²) in [6, 6.07) is 0.955. The van der Waals surface area contributed by atoms with E-state index in [1.807, 2.05) is 0 Å². The summed E-state index contributed by atoms with van der Waals surface area (Å²) in [5, 5.41) is 32.6. The summed E-state index contributed by atoms with van der Waals surface area (Å²) in [6.07, 6.45) is 4.15. The molecule has 8 heteroatoms. The first-order valence-electron chi connectivity index (χ1n) is 6.25. The molecule has 20 heavy (non-hydrogen) atoms. The predicted molar refractivity (Wildman–Crippen MR) is 69.8 cm³/mol. The van der Waals surface area contributed by atoms with E-state index >= 15 is 0 Å². The van der Waals surface area contributed by atoms with E-state index in [4.69, 9.17) is 5.11 Å². The van der Waals surface area contributed by atoms with Crippen LogP contribution in [-0.2, 0) is 0 Å². The Morgan fingerprint density at radius 3 is 2.70 bits per heavy atom. The van der Waals surface area contributed by atoms with Crippen molar-refractivity contribution in [2.45, 2.75) is 31.3 Å². The zero-order chi connectivity index (χ0) is 14.8. The molecule has 1 aromatic heterocycles. The number of carbonyl (C=O) groups is 1. The minimum absolute atomic E-state index is 0.0309. The highest BCUT2D eigenvalue weighted by molar-refractivity contribution is 5.93. The summed E-state index contributed by atoms with van der Waals surface area (Å²) >= 11 is 0. The standard InChI is InChI=1S/C12H15N3O5/c16-11(17)9-5-8(15(19)20)6-13-10(9)14-7-12(18)3-1-2-4-12/h5-6,18H,1-4,7H2,(H,13,14)(H,16,17). The molecule has 8 nitrogen and oxygen atoms in total. The molecule has 0 unspecified atom stereocenters. The third-order valence-corrected chi connectivity index (χ3v) is 3.43. The highest BCUT2D eigenvalue weighted by atomic mass is 16.6.